The van der Waals surface area contributed by atoms with Gasteiger partial charge in [-0.2, -0.15) is 5.10 Å². The lowest BCUT2D eigenvalue weighted by molar-refractivity contribution is 0.102. The van der Waals surface area contributed by atoms with Crippen LogP contribution in [0.25, 0.3) is 5.69 Å². The van der Waals surface area contributed by atoms with Crippen LogP contribution >= 0.6 is 0 Å². The molecule has 2 aromatic carbocycles. The van der Waals surface area contributed by atoms with Gasteiger partial charge >= 0.3 is 0 Å². The summed E-state index contributed by atoms with van der Waals surface area (Å²) in [6, 6.07) is 21.0. The number of nitrogens with zero attached hydrogens (tertiary/aromatic N) is 2. The van der Waals surface area contributed by atoms with Gasteiger partial charge in [-0.15, -0.1) is 0 Å². The Morgan fingerprint density at radius 3 is 2.33 bits per heavy atom. The second kappa shape index (κ2) is 6.24. The summed E-state index contributed by atoms with van der Waals surface area (Å²) in [6.45, 7) is 0.183. The summed E-state index contributed by atoms with van der Waals surface area (Å²) in [5.74, 6) is 0.738. The fourth-order valence-electron chi connectivity index (χ4n) is 2.13. The summed E-state index contributed by atoms with van der Waals surface area (Å²) >= 11 is 0. The molecule has 0 radical (unpaired) electrons. The van der Waals surface area contributed by atoms with E-state index in [1.54, 1.807) is 16.9 Å². The van der Waals surface area contributed by atoms with E-state index in [2.05, 4.69) is 5.10 Å². The van der Waals surface area contributed by atoms with E-state index in [0.29, 0.717) is 5.69 Å². The molecular formula is C17H16N2O2. The molecule has 0 saturated carbocycles. The lowest BCUT2D eigenvalue weighted by Gasteiger charge is -2.14. The summed E-state index contributed by atoms with van der Waals surface area (Å²) in [4.78, 5) is 0. The van der Waals surface area contributed by atoms with Gasteiger partial charge in [0.05, 0.1) is 11.4 Å². The van der Waals surface area contributed by atoms with Crippen molar-refractivity contribution in [3.63, 3.8) is 0 Å². The van der Waals surface area contributed by atoms with Crippen molar-refractivity contribution in [1.82, 2.24) is 9.78 Å². The van der Waals surface area contributed by atoms with Gasteiger partial charge in [-0.25, -0.2) is 4.68 Å². The molecule has 0 amide bonds. The summed E-state index contributed by atoms with van der Waals surface area (Å²) in [6.07, 6.45) is 0.932. The fourth-order valence-corrected chi connectivity index (χ4v) is 2.13. The Balaban J connectivity index is 1.74. The van der Waals surface area contributed by atoms with Crippen molar-refractivity contribution in [3.8, 4) is 11.4 Å². The van der Waals surface area contributed by atoms with Crippen molar-refractivity contribution in [2.45, 2.75) is 6.10 Å². The van der Waals surface area contributed by atoms with Crippen LogP contribution in [0.5, 0.6) is 5.75 Å². The molecule has 1 unspecified atom stereocenters. The Hall–Kier alpha value is -2.59. The van der Waals surface area contributed by atoms with E-state index in [9.17, 15) is 5.11 Å². The van der Waals surface area contributed by atoms with Crippen LogP contribution in [-0.2, 0) is 0 Å². The average Bonchev–Trinajstić information content (AvgIpc) is 3.04. The molecule has 0 aliphatic heterocycles. The number of aliphatic hydroxyl groups is 1. The molecule has 0 aliphatic carbocycles. The summed E-state index contributed by atoms with van der Waals surface area (Å²) in [5, 5.41) is 14.6. The van der Waals surface area contributed by atoms with E-state index in [-0.39, 0.29) is 6.61 Å². The lowest BCUT2D eigenvalue weighted by Crippen LogP contribution is -2.14. The molecule has 1 atom stereocenters. The maximum Gasteiger partial charge on any atom is 0.130 e. The first-order valence-electron chi connectivity index (χ1n) is 6.80. The van der Waals surface area contributed by atoms with E-state index in [1.807, 2.05) is 60.7 Å². The SMILES string of the molecule is OC(COc1ccccc1)c1ccnn1-c1ccccc1. The third-order valence-corrected chi connectivity index (χ3v) is 3.17. The zero-order valence-corrected chi connectivity index (χ0v) is 11.5. The minimum Gasteiger partial charge on any atom is -0.490 e. The molecule has 4 nitrogen and oxygen atoms in total. The van der Waals surface area contributed by atoms with Gasteiger partial charge in [-0.3, -0.25) is 0 Å². The highest BCUT2D eigenvalue weighted by atomic mass is 16.5. The lowest BCUT2D eigenvalue weighted by atomic mass is 10.2. The van der Waals surface area contributed by atoms with Crippen molar-refractivity contribution in [2.24, 2.45) is 0 Å². The number of hydrogen-bond donors (Lipinski definition) is 1. The van der Waals surface area contributed by atoms with Crippen molar-refractivity contribution in [3.05, 3.63) is 78.6 Å². The van der Waals surface area contributed by atoms with Crippen LogP contribution in [0.3, 0.4) is 0 Å². The standard InChI is InChI=1S/C17H16N2O2/c20-17(13-21-15-9-5-2-6-10-15)16-11-12-18-19(16)14-7-3-1-4-8-14/h1-12,17,20H,13H2. The van der Waals surface area contributed by atoms with Gasteiger partial charge in [0.2, 0.25) is 0 Å². The van der Waals surface area contributed by atoms with Gasteiger partial charge in [0.15, 0.2) is 0 Å². The normalized spacial score (nSPS) is 12.0. The van der Waals surface area contributed by atoms with E-state index in [4.69, 9.17) is 4.74 Å². The molecule has 0 saturated heterocycles. The Morgan fingerprint density at radius 2 is 1.62 bits per heavy atom. The smallest absolute Gasteiger partial charge is 0.130 e. The molecule has 1 heterocycles. The molecule has 1 aromatic heterocycles. The number of benzene rings is 2. The van der Waals surface area contributed by atoms with Crippen LogP contribution in [0.2, 0.25) is 0 Å². The Bertz CT molecular complexity index is 680. The highest BCUT2D eigenvalue weighted by Gasteiger charge is 2.15. The number of aromatic nitrogens is 2. The zero-order chi connectivity index (χ0) is 14.5. The summed E-state index contributed by atoms with van der Waals surface area (Å²) in [5.41, 5.74) is 1.62. The number of aliphatic hydroxyl groups excluding tert-OH is 1. The van der Waals surface area contributed by atoms with Gasteiger partial charge < -0.3 is 9.84 Å². The predicted molar refractivity (Wildman–Crippen MR) is 80.5 cm³/mol. The Morgan fingerprint density at radius 1 is 0.952 bits per heavy atom. The van der Waals surface area contributed by atoms with Gasteiger partial charge in [-0.05, 0) is 30.3 Å². The summed E-state index contributed by atoms with van der Waals surface area (Å²) in [7, 11) is 0. The van der Waals surface area contributed by atoms with Gasteiger partial charge in [0.25, 0.3) is 0 Å². The first-order valence-corrected chi connectivity index (χ1v) is 6.80. The second-order valence-corrected chi connectivity index (χ2v) is 4.64. The monoisotopic (exact) mass is 280 g/mol. The summed E-state index contributed by atoms with van der Waals surface area (Å²) < 4.78 is 7.31. The quantitative estimate of drug-likeness (QED) is 0.781. The number of rotatable bonds is 5. The van der Waals surface area contributed by atoms with Crippen LogP contribution in [0.4, 0.5) is 0 Å². The van der Waals surface area contributed by atoms with Gasteiger partial charge in [-0.1, -0.05) is 36.4 Å². The molecule has 0 spiro atoms. The van der Waals surface area contributed by atoms with E-state index in [1.165, 1.54) is 0 Å². The molecule has 0 aliphatic rings. The molecule has 21 heavy (non-hydrogen) atoms. The van der Waals surface area contributed by atoms with Crippen molar-refractivity contribution in [1.29, 1.82) is 0 Å². The van der Waals surface area contributed by atoms with Crippen molar-refractivity contribution >= 4 is 0 Å². The highest BCUT2D eigenvalue weighted by Crippen LogP contribution is 2.19. The third-order valence-electron chi connectivity index (χ3n) is 3.17. The predicted octanol–water partition coefficient (Wildman–Crippen LogP) is 2.98. The molecular weight excluding hydrogens is 264 g/mol. The van der Waals surface area contributed by atoms with Crippen LogP contribution in [0, 0.1) is 0 Å². The Labute approximate surface area is 123 Å². The molecule has 106 valence electrons. The number of para-hydroxylation sites is 2. The largest absolute Gasteiger partial charge is 0.490 e. The molecule has 0 fully saturated rings. The second-order valence-electron chi connectivity index (χ2n) is 4.64. The first-order chi connectivity index (χ1) is 10.3. The van der Waals surface area contributed by atoms with Gasteiger partial charge in [0, 0.05) is 6.20 Å². The Kier molecular flexibility index (Phi) is 3.98. The zero-order valence-electron chi connectivity index (χ0n) is 11.5. The van der Waals surface area contributed by atoms with Gasteiger partial charge in [0.1, 0.15) is 18.5 Å². The van der Waals surface area contributed by atoms with E-state index in [0.717, 1.165) is 11.4 Å². The minimum absolute atomic E-state index is 0.183. The van der Waals surface area contributed by atoms with Crippen molar-refractivity contribution in [2.75, 3.05) is 6.61 Å². The third kappa shape index (κ3) is 3.12. The van der Waals surface area contributed by atoms with Crippen molar-refractivity contribution < 1.29 is 9.84 Å². The maximum atomic E-state index is 10.3. The molecule has 3 aromatic rings. The van der Waals surface area contributed by atoms with Crippen LogP contribution in [-0.4, -0.2) is 21.5 Å². The maximum absolute atomic E-state index is 10.3. The molecule has 1 N–H and O–H groups in total. The molecule has 0 bridgehead atoms. The number of ether oxygens (including phenoxy) is 1. The van der Waals surface area contributed by atoms with E-state index < -0.39 is 6.10 Å². The molecule has 3 rings (SSSR count). The first kappa shape index (κ1) is 13.4. The average molecular weight is 280 g/mol. The van der Waals surface area contributed by atoms with E-state index >= 15 is 0 Å². The number of hydrogen-bond acceptors (Lipinski definition) is 3. The van der Waals surface area contributed by atoms with Crippen LogP contribution < -0.4 is 4.74 Å². The van der Waals surface area contributed by atoms with Crippen LogP contribution in [0.1, 0.15) is 11.8 Å². The minimum atomic E-state index is -0.743. The fraction of sp³-hybridized carbons (Fsp3) is 0.118. The molecule has 4 heteroatoms. The van der Waals surface area contributed by atoms with Crippen LogP contribution in [0.15, 0.2) is 72.9 Å². The topological polar surface area (TPSA) is 47.3 Å². The highest BCUT2D eigenvalue weighted by molar-refractivity contribution is 5.33.